The van der Waals surface area contributed by atoms with Crippen LogP contribution >= 0.6 is 0 Å². The third kappa shape index (κ3) is 5.68. The number of halogens is 3. The van der Waals surface area contributed by atoms with Crippen LogP contribution in [0.15, 0.2) is 72.8 Å². The van der Waals surface area contributed by atoms with E-state index < -0.39 is 11.9 Å². The van der Waals surface area contributed by atoms with E-state index in [1.807, 2.05) is 35.2 Å². The van der Waals surface area contributed by atoms with Crippen LogP contribution in [0.1, 0.15) is 45.7 Å². The van der Waals surface area contributed by atoms with Crippen molar-refractivity contribution in [3.8, 4) is 17.2 Å². The smallest absolute Gasteiger partial charge is 0.435 e. The van der Waals surface area contributed by atoms with E-state index in [0.29, 0.717) is 59.9 Å². The quantitative estimate of drug-likeness (QED) is 0.239. The van der Waals surface area contributed by atoms with Crippen molar-refractivity contribution in [1.29, 1.82) is 0 Å². The molecule has 3 heterocycles. The van der Waals surface area contributed by atoms with Crippen LogP contribution in [-0.4, -0.2) is 53.0 Å². The normalized spacial score (nSPS) is 18.9. The van der Waals surface area contributed by atoms with E-state index in [1.54, 1.807) is 49.5 Å². The molecule has 7 rings (SSSR count). The Morgan fingerprint density at radius 1 is 1.00 bits per heavy atom. The summed E-state index contributed by atoms with van der Waals surface area (Å²) < 4.78 is 60.4. The van der Waals surface area contributed by atoms with Gasteiger partial charge in [0.2, 0.25) is 6.79 Å². The molecule has 9 nitrogen and oxygen atoms in total. The molecule has 4 aromatic rings. The van der Waals surface area contributed by atoms with Gasteiger partial charge < -0.3 is 19.1 Å². The molecule has 0 N–H and O–H groups in total. The molecule has 0 atom stereocenters. The molecule has 0 spiro atoms. The first-order chi connectivity index (χ1) is 22.2. The first-order valence-corrected chi connectivity index (χ1v) is 15.1. The van der Waals surface area contributed by atoms with Crippen molar-refractivity contribution in [3.05, 3.63) is 101 Å². The predicted octanol–water partition coefficient (Wildman–Crippen LogP) is 5.78. The Morgan fingerprint density at radius 3 is 2.57 bits per heavy atom. The maximum Gasteiger partial charge on any atom is 0.435 e. The van der Waals surface area contributed by atoms with Gasteiger partial charge >= 0.3 is 12.1 Å². The molecule has 1 amide bonds. The molecule has 0 saturated heterocycles. The van der Waals surface area contributed by atoms with Gasteiger partial charge in [0.05, 0.1) is 17.3 Å². The highest BCUT2D eigenvalue weighted by atomic mass is 19.4. The van der Waals surface area contributed by atoms with E-state index in [2.05, 4.69) is 5.10 Å². The number of esters is 1. The number of hydrogen-bond donors (Lipinski definition) is 0. The van der Waals surface area contributed by atoms with E-state index in [-0.39, 0.29) is 49.3 Å². The molecule has 0 radical (unpaired) electrons. The lowest BCUT2D eigenvalue weighted by molar-refractivity contribution is -0.155. The Morgan fingerprint density at radius 2 is 1.78 bits per heavy atom. The SMILES string of the molecule is CN(C(=O)c1cccc(-n2nc(C(F)(F)F)c3c2CCN(C2CC(C(=O)OCc4ccccc4)C2)C3)c1)c1ccc2c(c1)OCO2. The highest BCUT2D eigenvalue weighted by Gasteiger charge is 2.44. The van der Waals surface area contributed by atoms with Crippen LogP contribution in [0.25, 0.3) is 5.69 Å². The summed E-state index contributed by atoms with van der Waals surface area (Å²) in [7, 11) is 1.62. The Kier molecular flexibility index (Phi) is 7.67. The van der Waals surface area contributed by atoms with Gasteiger partial charge in [-0.15, -0.1) is 0 Å². The lowest BCUT2D eigenvalue weighted by Gasteiger charge is -2.43. The number of rotatable bonds is 7. The summed E-state index contributed by atoms with van der Waals surface area (Å²) in [5.41, 5.74) is 1.82. The van der Waals surface area contributed by atoms with Crippen molar-refractivity contribution in [2.45, 2.75) is 44.6 Å². The second-order valence-electron chi connectivity index (χ2n) is 11.8. The fourth-order valence-electron chi connectivity index (χ4n) is 6.29. The molecule has 1 fully saturated rings. The molecule has 0 bridgehead atoms. The van der Waals surface area contributed by atoms with E-state index >= 15 is 0 Å². The van der Waals surface area contributed by atoms with E-state index in [4.69, 9.17) is 14.2 Å². The number of hydrogen-bond acceptors (Lipinski definition) is 7. The van der Waals surface area contributed by atoms with Crippen LogP contribution in [0.3, 0.4) is 0 Å². The van der Waals surface area contributed by atoms with Crippen LogP contribution in [0.2, 0.25) is 0 Å². The lowest BCUT2D eigenvalue weighted by atomic mass is 9.78. The summed E-state index contributed by atoms with van der Waals surface area (Å²) in [5.74, 6) is 0.234. The minimum absolute atomic E-state index is 0.0143. The first-order valence-electron chi connectivity index (χ1n) is 15.1. The van der Waals surface area contributed by atoms with Crippen molar-refractivity contribution in [3.63, 3.8) is 0 Å². The molecule has 3 aliphatic rings. The summed E-state index contributed by atoms with van der Waals surface area (Å²) in [6.45, 7) is 0.906. The number of nitrogens with zero attached hydrogens (tertiary/aromatic N) is 4. The summed E-state index contributed by atoms with van der Waals surface area (Å²) in [5, 5.41) is 4.05. The number of carbonyl (C=O) groups excluding carboxylic acids is 2. The fourth-order valence-corrected chi connectivity index (χ4v) is 6.29. The maximum absolute atomic E-state index is 14.3. The van der Waals surface area contributed by atoms with Crippen molar-refractivity contribution in [1.82, 2.24) is 14.7 Å². The van der Waals surface area contributed by atoms with Gasteiger partial charge in [-0.25, -0.2) is 4.68 Å². The van der Waals surface area contributed by atoms with E-state index in [0.717, 1.165) is 5.56 Å². The largest absolute Gasteiger partial charge is 0.461 e. The number of ether oxygens (including phenoxy) is 3. The Bertz CT molecular complexity index is 1790. The molecule has 3 aromatic carbocycles. The summed E-state index contributed by atoms with van der Waals surface area (Å²) >= 11 is 0. The third-order valence-corrected chi connectivity index (χ3v) is 8.93. The second-order valence-corrected chi connectivity index (χ2v) is 11.8. The van der Waals surface area contributed by atoms with Crippen LogP contribution in [-0.2, 0) is 35.3 Å². The van der Waals surface area contributed by atoms with Crippen molar-refractivity contribution in [2.24, 2.45) is 5.92 Å². The predicted molar refractivity (Wildman–Crippen MR) is 161 cm³/mol. The monoisotopic (exact) mass is 632 g/mol. The standard InChI is InChI=1S/C34H31F3N4O5/c1-39(24-10-11-29-30(17-24)46-20-45-29)32(42)22-8-5-9-25(14-22)41-28-12-13-40(18-27(28)31(38-41)34(35,36)37)26-15-23(16-26)33(43)44-19-21-6-3-2-4-7-21/h2-11,14,17,23,26H,12-13,15-16,18-20H2,1H3. The molecular formula is C34H31F3N4O5. The zero-order chi connectivity index (χ0) is 32.0. The van der Waals surface area contributed by atoms with E-state index in [9.17, 15) is 22.8 Å². The highest BCUT2D eigenvalue weighted by molar-refractivity contribution is 6.06. The average molecular weight is 633 g/mol. The molecule has 2 aliphatic heterocycles. The number of amides is 1. The minimum atomic E-state index is -4.66. The number of benzene rings is 3. The molecule has 46 heavy (non-hydrogen) atoms. The van der Waals surface area contributed by atoms with Gasteiger partial charge in [-0.05, 0) is 48.7 Å². The van der Waals surface area contributed by atoms with Gasteiger partial charge in [-0.3, -0.25) is 14.5 Å². The molecule has 1 aromatic heterocycles. The maximum atomic E-state index is 14.3. The minimum Gasteiger partial charge on any atom is -0.461 e. The van der Waals surface area contributed by atoms with Crippen LogP contribution in [0.5, 0.6) is 11.5 Å². The van der Waals surface area contributed by atoms with Gasteiger partial charge in [0, 0.05) is 55.5 Å². The number of fused-ring (bicyclic) bond motifs is 2. The van der Waals surface area contributed by atoms with Gasteiger partial charge in [0.25, 0.3) is 5.91 Å². The van der Waals surface area contributed by atoms with Gasteiger partial charge in [0.1, 0.15) is 6.61 Å². The van der Waals surface area contributed by atoms with Crippen molar-refractivity contribution in [2.75, 3.05) is 25.3 Å². The third-order valence-electron chi connectivity index (χ3n) is 8.93. The molecule has 238 valence electrons. The zero-order valence-corrected chi connectivity index (χ0v) is 25.0. The number of aromatic nitrogens is 2. The Hall–Kier alpha value is -4.84. The van der Waals surface area contributed by atoms with Crippen LogP contribution < -0.4 is 14.4 Å². The summed E-state index contributed by atoms with van der Waals surface area (Å²) in [6.07, 6.45) is -3.24. The van der Waals surface area contributed by atoms with E-state index in [1.165, 1.54) is 9.58 Å². The van der Waals surface area contributed by atoms with Crippen LogP contribution in [0.4, 0.5) is 18.9 Å². The summed E-state index contributed by atoms with van der Waals surface area (Å²) in [6, 6.07) is 21.0. The molecular weight excluding hydrogens is 601 g/mol. The molecule has 0 unspecified atom stereocenters. The van der Waals surface area contributed by atoms with Crippen LogP contribution in [0, 0.1) is 5.92 Å². The summed E-state index contributed by atoms with van der Waals surface area (Å²) in [4.78, 5) is 29.5. The Labute approximate surface area is 263 Å². The lowest BCUT2D eigenvalue weighted by Crippen LogP contribution is -2.49. The number of anilines is 1. The number of alkyl halides is 3. The van der Waals surface area contributed by atoms with Crippen molar-refractivity contribution >= 4 is 17.6 Å². The highest BCUT2D eigenvalue weighted by Crippen LogP contribution is 2.40. The molecule has 12 heteroatoms. The zero-order valence-electron chi connectivity index (χ0n) is 25.0. The molecule has 1 saturated carbocycles. The number of carbonyl (C=O) groups is 2. The second kappa shape index (κ2) is 11.8. The van der Waals surface area contributed by atoms with Crippen molar-refractivity contribution < 1.29 is 37.0 Å². The first kappa shape index (κ1) is 29.8. The van der Waals surface area contributed by atoms with Gasteiger partial charge in [0.15, 0.2) is 17.2 Å². The molecule has 1 aliphatic carbocycles. The Balaban J connectivity index is 1.06. The van der Waals surface area contributed by atoms with Gasteiger partial charge in [-0.1, -0.05) is 36.4 Å². The average Bonchev–Trinajstić information content (AvgIpc) is 3.67. The topological polar surface area (TPSA) is 86.1 Å². The van der Waals surface area contributed by atoms with Gasteiger partial charge in [-0.2, -0.15) is 18.3 Å². The fraction of sp³-hybridized carbons (Fsp3) is 0.324.